The normalized spacial score (nSPS) is 13.2. The van der Waals surface area contributed by atoms with E-state index in [9.17, 15) is 21.6 Å². The Bertz CT molecular complexity index is 758. The van der Waals surface area contributed by atoms with Crippen LogP contribution in [0.3, 0.4) is 0 Å². The molecule has 2 aromatic heterocycles. The van der Waals surface area contributed by atoms with Crippen molar-refractivity contribution in [1.29, 1.82) is 0 Å². The van der Waals surface area contributed by atoms with Gasteiger partial charge in [-0.25, -0.2) is 13.4 Å². The molecule has 10 heteroatoms. The molecule has 0 atom stereocenters. The monoisotopic (exact) mass is 341 g/mol. The van der Waals surface area contributed by atoms with Gasteiger partial charge < -0.3 is 0 Å². The van der Waals surface area contributed by atoms with Gasteiger partial charge in [0.15, 0.2) is 10.2 Å². The Kier molecular flexibility index (Phi) is 4.18. The van der Waals surface area contributed by atoms with Crippen molar-refractivity contribution in [3.8, 4) is 0 Å². The molecule has 0 aliphatic carbocycles. The van der Waals surface area contributed by atoms with Gasteiger partial charge >= 0.3 is 6.18 Å². The van der Waals surface area contributed by atoms with Crippen LogP contribution in [-0.2, 0) is 10.0 Å². The smallest absolute Gasteiger partial charge is 0.288 e. The zero-order chi connectivity index (χ0) is 15.8. The Morgan fingerprint density at radius 1 is 1.38 bits per heavy atom. The number of fused-ring (bicyclic) bond motifs is 1. The van der Waals surface area contributed by atoms with Crippen LogP contribution in [0.4, 0.5) is 13.2 Å². The van der Waals surface area contributed by atoms with E-state index >= 15 is 0 Å². The van der Waals surface area contributed by atoms with Crippen LogP contribution in [-0.4, -0.2) is 41.4 Å². The summed E-state index contributed by atoms with van der Waals surface area (Å²) in [4.78, 5) is 3.83. The van der Waals surface area contributed by atoms with E-state index in [0.29, 0.717) is 4.31 Å². The van der Waals surface area contributed by atoms with Crippen LogP contribution < -0.4 is 0 Å². The van der Waals surface area contributed by atoms with E-state index in [1.807, 2.05) is 0 Å². The summed E-state index contributed by atoms with van der Waals surface area (Å²) in [6, 6.07) is 4.65. The summed E-state index contributed by atoms with van der Waals surface area (Å²) in [6.45, 7) is -0.596. The third-order valence-electron chi connectivity index (χ3n) is 2.74. The highest BCUT2D eigenvalue weighted by Crippen LogP contribution is 2.28. The maximum absolute atomic E-state index is 12.5. The zero-order valence-corrected chi connectivity index (χ0v) is 12.4. The molecule has 2 heterocycles. The summed E-state index contributed by atoms with van der Waals surface area (Å²) < 4.78 is 63.9. The van der Waals surface area contributed by atoms with Gasteiger partial charge in [-0.3, -0.25) is 4.40 Å². The van der Waals surface area contributed by atoms with Gasteiger partial charge in [0.25, 0.3) is 10.0 Å². The van der Waals surface area contributed by atoms with Gasteiger partial charge in [0.05, 0.1) is 0 Å². The van der Waals surface area contributed by atoms with E-state index < -0.39 is 27.8 Å². The van der Waals surface area contributed by atoms with Crippen molar-refractivity contribution in [2.75, 3.05) is 13.1 Å². The molecule has 2 aromatic rings. The van der Waals surface area contributed by atoms with Crippen molar-refractivity contribution in [1.82, 2.24) is 13.7 Å². The highest BCUT2D eigenvalue weighted by molar-refractivity contribution is 7.89. The first-order chi connectivity index (χ1) is 9.66. The van der Waals surface area contributed by atoms with Gasteiger partial charge in [0.2, 0.25) is 0 Å². The number of nitrogens with zero attached hydrogens (tertiary/aromatic N) is 3. The molecular weight excluding hydrogens is 331 g/mol. The SMILES string of the molecule is CCN(CC(F)(F)F)S(=O)(=O)c1c(Cl)nc2ccccn12. The van der Waals surface area contributed by atoms with Gasteiger partial charge in [0.1, 0.15) is 12.2 Å². The largest absolute Gasteiger partial charge is 0.402 e. The standard InChI is InChI=1S/C11H11ClF3N3O2S/c1-2-17(7-11(13,14)15)21(19,20)10-9(12)16-8-5-3-4-6-18(8)10/h3-6H,2,7H2,1H3. The molecule has 0 N–H and O–H groups in total. The second-order valence-electron chi connectivity index (χ2n) is 4.18. The molecule has 21 heavy (non-hydrogen) atoms. The molecular formula is C11H11ClF3N3O2S. The summed E-state index contributed by atoms with van der Waals surface area (Å²) in [5.74, 6) is 0. The van der Waals surface area contributed by atoms with Crippen molar-refractivity contribution < 1.29 is 21.6 Å². The summed E-state index contributed by atoms with van der Waals surface area (Å²) in [6.07, 6.45) is -3.27. The average molecular weight is 342 g/mol. The minimum Gasteiger partial charge on any atom is -0.288 e. The molecule has 2 rings (SSSR count). The third-order valence-corrected chi connectivity index (χ3v) is 5.06. The number of pyridine rings is 1. The molecule has 0 saturated carbocycles. The van der Waals surface area contributed by atoms with Gasteiger partial charge in [-0.2, -0.15) is 17.5 Å². The molecule has 0 saturated heterocycles. The highest BCUT2D eigenvalue weighted by Gasteiger charge is 2.38. The van der Waals surface area contributed by atoms with Crippen LogP contribution in [0.1, 0.15) is 6.92 Å². The number of alkyl halides is 3. The molecule has 0 spiro atoms. The first-order valence-corrected chi connectivity index (χ1v) is 7.68. The Morgan fingerprint density at radius 2 is 2.05 bits per heavy atom. The highest BCUT2D eigenvalue weighted by atomic mass is 35.5. The molecule has 0 amide bonds. The van der Waals surface area contributed by atoms with E-state index in [0.717, 1.165) is 4.40 Å². The van der Waals surface area contributed by atoms with Crippen LogP contribution in [0.25, 0.3) is 5.65 Å². The number of aromatic nitrogens is 2. The molecule has 0 aliphatic rings. The molecule has 5 nitrogen and oxygen atoms in total. The van der Waals surface area contributed by atoms with Gasteiger partial charge in [0, 0.05) is 12.7 Å². The van der Waals surface area contributed by atoms with Crippen LogP contribution in [0, 0.1) is 0 Å². The lowest BCUT2D eigenvalue weighted by molar-refractivity contribution is -0.135. The van der Waals surface area contributed by atoms with Crippen LogP contribution in [0.2, 0.25) is 5.15 Å². The van der Waals surface area contributed by atoms with Crippen LogP contribution >= 0.6 is 11.6 Å². The quantitative estimate of drug-likeness (QED) is 0.858. The van der Waals surface area contributed by atoms with Crippen molar-refractivity contribution in [3.05, 3.63) is 29.5 Å². The lowest BCUT2D eigenvalue weighted by Crippen LogP contribution is -2.39. The summed E-state index contributed by atoms with van der Waals surface area (Å²) in [5, 5.41) is -0.826. The molecule has 0 unspecified atom stereocenters. The molecule has 116 valence electrons. The first-order valence-electron chi connectivity index (χ1n) is 5.86. The minimum absolute atomic E-state index is 0.240. The zero-order valence-electron chi connectivity index (χ0n) is 10.8. The fraction of sp³-hybridized carbons (Fsp3) is 0.364. The number of sulfonamides is 1. The maximum atomic E-state index is 12.5. The average Bonchev–Trinajstić information content (AvgIpc) is 2.71. The lowest BCUT2D eigenvalue weighted by atomic mass is 10.5. The van der Waals surface area contributed by atoms with E-state index in [1.165, 1.54) is 25.3 Å². The van der Waals surface area contributed by atoms with Crippen molar-refractivity contribution in [2.24, 2.45) is 0 Å². The summed E-state index contributed by atoms with van der Waals surface area (Å²) in [5.41, 5.74) is 0.240. The van der Waals surface area contributed by atoms with E-state index in [1.54, 1.807) is 6.07 Å². The summed E-state index contributed by atoms with van der Waals surface area (Å²) in [7, 11) is -4.42. The van der Waals surface area contributed by atoms with Crippen molar-refractivity contribution in [3.63, 3.8) is 0 Å². The molecule has 0 radical (unpaired) electrons. The predicted molar refractivity (Wildman–Crippen MR) is 70.7 cm³/mol. The summed E-state index contributed by atoms with van der Waals surface area (Å²) >= 11 is 5.81. The topological polar surface area (TPSA) is 54.7 Å². The van der Waals surface area contributed by atoms with Crippen molar-refractivity contribution >= 4 is 27.3 Å². The fourth-order valence-electron chi connectivity index (χ4n) is 1.86. The third kappa shape index (κ3) is 3.14. The number of imidazole rings is 1. The van der Waals surface area contributed by atoms with E-state index in [-0.39, 0.29) is 17.3 Å². The Hall–Kier alpha value is -1.32. The van der Waals surface area contributed by atoms with Crippen LogP contribution in [0.5, 0.6) is 0 Å². The number of rotatable bonds is 4. The molecule has 0 aliphatic heterocycles. The lowest BCUT2D eigenvalue weighted by Gasteiger charge is -2.21. The number of halogens is 4. The Labute approximate surface area is 124 Å². The number of hydrogen-bond donors (Lipinski definition) is 0. The van der Waals surface area contributed by atoms with Crippen molar-refractivity contribution in [2.45, 2.75) is 18.1 Å². The first kappa shape index (κ1) is 16.1. The van der Waals surface area contributed by atoms with E-state index in [2.05, 4.69) is 4.98 Å². The Morgan fingerprint density at radius 3 is 2.62 bits per heavy atom. The molecule has 0 fully saturated rings. The molecule has 0 bridgehead atoms. The molecule has 0 aromatic carbocycles. The van der Waals surface area contributed by atoms with Gasteiger partial charge in [-0.1, -0.05) is 24.6 Å². The second-order valence-corrected chi connectivity index (χ2v) is 6.39. The fourth-order valence-corrected chi connectivity index (χ4v) is 3.90. The van der Waals surface area contributed by atoms with E-state index in [4.69, 9.17) is 11.6 Å². The number of hydrogen-bond acceptors (Lipinski definition) is 3. The Balaban J connectivity index is 2.58. The van der Waals surface area contributed by atoms with Crippen LogP contribution in [0.15, 0.2) is 29.4 Å². The second kappa shape index (κ2) is 5.47. The maximum Gasteiger partial charge on any atom is 0.402 e. The minimum atomic E-state index is -4.64. The predicted octanol–water partition coefficient (Wildman–Crippen LogP) is 2.56. The van der Waals surface area contributed by atoms with Gasteiger partial charge in [-0.05, 0) is 12.1 Å². The van der Waals surface area contributed by atoms with Gasteiger partial charge in [-0.15, -0.1) is 0 Å².